The van der Waals surface area contributed by atoms with Crippen molar-refractivity contribution >= 4 is 0 Å². The lowest BCUT2D eigenvalue weighted by atomic mass is 9.69. The first-order valence-corrected chi connectivity index (χ1v) is 5.60. The average molecular weight is 212 g/mol. The largest absolute Gasteiger partial charge is 0.414 e. The van der Waals surface area contributed by atoms with Crippen LogP contribution in [0.1, 0.15) is 34.1 Å². The van der Waals surface area contributed by atoms with E-state index in [-0.39, 0.29) is 11.0 Å². The normalized spacial score (nSPS) is 25.3. The Bertz CT molecular complexity index is 246. The minimum Gasteiger partial charge on any atom is -0.414 e. The van der Waals surface area contributed by atoms with Gasteiger partial charge in [0, 0.05) is 18.0 Å². The monoisotopic (exact) mass is 212 g/mol. The van der Waals surface area contributed by atoms with Crippen LogP contribution in [0, 0.1) is 11.3 Å². The molecule has 0 bridgehead atoms. The van der Waals surface area contributed by atoms with Gasteiger partial charge in [-0.15, -0.1) is 0 Å². The predicted molar refractivity (Wildman–Crippen MR) is 63.3 cm³/mol. The fourth-order valence-corrected chi connectivity index (χ4v) is 2.73. The molecular formula is C12H24N2O. The van der Waals surface area contributed by atoms with Crippen molar-refractivity contribution in [3.05, 3.63) is 12.3 Å². The van der Waals surface area contributed by atoms with Crippen LogP contribution in [0.25, 0.3) is 0 Å². The van der Waals surface area contributed by atoms with Gasteiger partial charge in [-0.3, -0.25) is 0 Å². The number of rotatable bonds is 4. The summed E-state index contributed by atoms with van der Waals surface area (Å²) in [6.45, 7) is 14.0. The van der Waals surface area contributed by atoms with Crippen molar-refractivity contribution in [2.45, 2.75) is 39.7 Å². The first kappa shape index (κ1) is 12.5. The van der Waals surface area contributed by atoms with Crippen molar-refractivity contribution < 1.29 is 4.84 Å². The van der Waals surface area contributed by atoms with E-state index < -0.39 is 0 Å². The van der Waals surface area contributed by atoms with Crippen molar-refractivity contribution in [3.8, 4) is 0 Å². The number of allylic oxidation sites excluding steroid dienone is 1. The molecule has 0 aromatic rings. The van der Waals surface area contributed by atoms with E-state index in [1.54, 1.807) is 7.05 Å². The SMILES string of the molecule is C=C(ONC)C(C)(C)[C@H]1CCNC1(C)C. The van der Waals surface area contributed by atoms with Gasteiger partial charge in [0.05, 0.1) is 0 Å². The lowest BCUT2D eigenvalue weighted by molar-refractivity contribution is 0.0393. The lowest BCUT2D eigenvalue weighted by Crippen LogP contribution is -2.45. The third kappa shape index (κ3) is 2.34. The molecule has 0 aromatic carbocycles. The van der Waals surface area contributed by atoms with Crippen LogP contribution in [0.15, 0.2) is 12.3 Å². The summed E-state index contributed by atoms with van der Waals surface area (Å²) < 4.78 is 0. The number of nitrogens with one attached hydrogen (secondary N) is 2. The smallest absolute Gasteiger partial charge is 0.123 e. The highest BCUT2D eigenvalue weighted by Crippen LogP contribution is 2.44. The van der Waals surface area contributed by atoms with Crippen molar-refractivity contribution in [3.63, 3.8) is 0 Å². The van der Waals surface area contributed by atoms with Crippen molar-refractivity contribution in [1.82, 2.24) is 10.8 Å². The molecule has 2 N–H and O–H groups in total. The van der Waals surface area contributed by atoms with Crippen LogP contribution in [0.4, 0.5) is 0 Å². The van der Waals surface area contributed by atoms with E-state index in [1.807, 2.05) is 0 Å². The maximum atomic E-state index is 5.34. The number of hydroxylamine groups is 1. The van der Waals surface area contributed by atoms with Gasteiger partial charge in [0.1, 0.15) is 5.76 Å². The molecule has 0 unspecified atom stereocenters. The minimum atomic E-state index is -0.0178. The standard InChI is InChI=1S/C12H24N2O/c1-9(15-13-6)11(2,3)10-7-8-14-12(10,4)5/h10,13-14H,1,7-8H2,2-6H3/t10-/m1/s1. The summed E-state index contributed by atoms with van der Waals surface area (Å²) in [7, 11) is 1.76. The fraction of sp³-hybridized carbons (Fsp3) is 0.833. The van der Waals surface area contributed by atoms with E-state index in [9.17, 15) is 0 Å². The second kappa shape index (κ2) is 4.14. The van der Waals surface area contributed by atoms with E-state index in [2.05, 4.69) is 45.1 Å². The summed E-state index contributed by atoms with van der Waals surface area (Å²) in [5.74, 6) is 1.36. The Hall–Kier alpha value is -0.540. The molecule has 1 aliphatic heterocycles. The van der Waals surface area contributed by atoms with Crippen LogP contribution in [0.2, 0.25) is 0 Å². The molecule has 0 amide bonds. The van der Waals surface area contributed by atoms with Gasteiger partial charge in [0.2, 0.25) is 0 Å². The Morgan fingerprint density at radius 1 is 1.53 bits per heavy atom. The molecule has 0 aliphatic carbocycles. The first-order chi connectivity index (χ1) is 6.82. The summed E-state index contributed by atoms with van der Waals surface area (Å²) in [6.07, 6.45) is 1.17. The predicted octanol–water partition coefficient (Wildman–Crippen LogP) is 2.07. The van der Waals surface area contributed by atoms with Gasteiger partial charge in [-0.2, -0.15) is 5.48 Å². The molecule has 1 aliphatic rings. The molecule has 1 rings (SSSR count). The zero-order valence-corrected chi connectivity index (χ0v) is 10.6. The highest BCUT2D eigenvalue weighted by atomic mass is 16.6. The molecule has 3 heteroatoms. The Balaban J connectivity index is 2.81. The molecule has 1 heterocycles. The third-order valence-electron chi connectivity index (χ3n) is 3.70. The number of hydrogen-bond acceptors (Lipinski definition) is 3. The molecule has 0 aromatic heterocycles. The van der Waals surface area contributed by atoms with Crippen LogP contribution in [-0.4, -0.2) is 19.1 Å². The third-order valence-corrected chi connectivity index (χ3v) is 3.70. The highest BCUT2D eigenvalue weighted by Gasteiger charge is 2.46. The summed E-state index contributed by atoms with van der Waals surface area (Å²) >= 11 is 0. The average Bonchev–Trinajstić information content (AvgIpc) is 2.46. The van der Waals surface area contributed by atoms with E-state index >= 15 is 0 Å². The molecule has 0 spiro atoms. The lowest BCUT2D eigenvalue weighted by Gasteiger charge is -2.40. The zero-order valence-electron chi connectivity index (χ0n) is 10.6. The van der Waals surface area contributed by atoms with Crippen LogP contribution < -0.4 is 10.8 Å². The second-order valence-corrected chi connectivity index (χ2v) is 5.44. The van der Waals surface area contributed by atoms with E-state index in [0.29, 0.717) is 5.92 Å². The van der Waals surface area contributed by atoms with Gasteiger partial charge < -0.3 is 10.2 Å². The molecule has 0 radical (unpaired) electrons. The highest BCUT2D eigenvalue weighted by molar-refractivity contribution is 5.09. The van der Waals surface area contributed by atoms with Gasteiger partial charge in [-0.1, -0.05) is 20.4 Å². The molecule has 1 atom stereocenters. The molecule has 0 saturated carbocycles. The van der Waals surface area contributed by atoms with Crippen LogP contribution in [0.3, 0.4) is 0 Å². The summed E-state index contributed by atoms with van der Waals surface area (Å²) in [6, 6.07) is 0. The van der Waals surface area contributed by atoms with Crippen molar-refractivity contribution in [2.24, 2.45) is 11.3 Å². The van der Waals surface area contributed by atoms with Crippen LogP contribution in [0.5, 0.6) is 0 Å². The van der Waals surface area contributed by atoms with Gasteiger partial charge >= 0.3 is 0 Å². The topological polar surface area (TPSA) is 33.3 Å². The first-order valence-electron chi connectivity index (χ1n) is 5.60. The Morgan fingerprint density at radius 3 is 2.53 bits per heavy atom. The Labute approximate surface area is 93.2 Å². The Kier molecular flexibility index (Phi) is 3.46. The van der Waals surface area contributed by atoms with Gasteiger partial charge in [-0.25, -0.2) is 0 Å². The molecule has 15 heavy (non-hydrogen) atoms. The minimum absolute atomic E-state index is 0.0178. The Morgan fingerprint density at radius 2 is 2.13 bits per heavy atom. The molecule has 1 saturated heterocycles. The van der Waals surface area contributed by atoms with Gasteiger partial charge in [0.15, 0.2) is 0 Å². The second-order valence-electron chi connectivity index (χ2n) is 5.44. The summed E-state index contributed by atoms with van der Waals surface area (Å²) in [5, 5.41) is 3.53. The van der Waals surface area contributed by atoms with E-state index in [4.69, 9.17) is 4.84 Å². The molecule has 88 valence electrons. The molecular weight excluding hydrogens is 188 g/mol. The van der Waals surface area contributed by atoms with E-state index in [0.717, 1.165) is 12.3 Å². The maximum absolute atomic E-state index is 5.34. The number of hydrogen-bond donors (Lipinski definition) is 2. The maximum Gasteiger partial charge on any atom is 0.123 e. The van der Waals surface area contributed by atoms with Crippen LogP contribution in [-0.2, 0) is 4.84 Å². The quantitative estimate of drug-likeness (QED) is 0.553. The molecule has 1 fully saturated rings. The zero-order chi connectivity index (χ0) is 11.7. The van der Waals surface area contributed by atoms with Gasteiger partial charge in [0.25, 0.3) is 0 Å². The van der Waals surface area contributed by atoms with E-state index in [1.165, 1.54) is 6.42 Å². The van der Waals surface area contributed by atoms with Crippen molar-refractivity contribution in [2.75, 3.05) is 13.6 Å². The summed E-state index contributed by atoms with van der Waals surface area (Å²) in [5.41, 5.74) is 2.84. The summed E-state index contributed by atoms with van der Waals surface area (Å²) in [4.78, 5) is 5.34. The van der Waals surface area contributed by atoms with Crippen LogP contribution >= 0.6 is 0 Å². The van der Waals surface area contributed by atoms with Crippen molar-refractivity contribution in [1.29, 1.82) is 0 Å². The van der Waals surface area contributed by atoms with Gasteiger partial charge in [-0.05, 0) is 32.7 Å². The molecule has 3 nitrogen and oxygen atoms in total. The fourth-order valence-electron chi connectivity index (χ4n) is 2.73.